The molecule has 2 atom stereocenters. The van der Waals surface area contributed by atoms with Crippen molar-refractivity contribution in [1.29, 1.82) is 0 Å². The zero-order chi connectivity index (χ0) is 23.0. The van der Waals surface area contributed by atoms with Gasteiger partial charge in [-0.3, -0.25) is 0 Å². The normalized spacial score (nSPS) is 20.0. The molecule has 4 rings (SSSR count). The van der Waals surface area contributed by atoms with E-state index in [1.54, 1.807) is 0 Å². The first-order chi connectivity index (χ1) is 15.2. The highest BCUT2D eigenvalue weighted by molar-refractivity contribution is 7.89. The van der Waals surface area contributed by atoms with E-state index in [4.69, 9.17) is 16.3 Å². The number of aromatic nitrogens is 2. The topological polar surface area (TPSA) is 140 Å². The van der Waals surface area contributed by atoms with Gasteiger partial charge in [-0.05, 0) is 44.4 Å². The number of nitrogens with zero attached hydrogens (tertiary/aromatic N) is 3. The van der Waals surface area contributed by atoms with Crippen LogP contribution in [0, 0.1) is 0 Å². The van der Waals surface area contributed by atoms with Gasteiger partial charge in [0.15, 0.2) is 16.9 Å². The van der Waals surface area contributed by atoms with Crippen LogP contribution in [0.3, 0.4) is 0 Å². The second-order valence-electron chi connectivity index (χ2n) is 7.78. The van der Waals surface area contributed by atoms with E-state index in [-0.39, 0.29) is 33.3 Å². The minimum absolute atomic E-state index is 0.0600. The van der Waals surface area contributed by atoms with Gasteiger partial charge in [-0.2, -0.15) is 4.31 Å². The van der Waals surface area contributed by atoms with E-state index in [9.17, 15) is 18.1 Å². The zero-order valence-electron chi connectivity index (χ0n) is 17.6. The van der Waals surface area contributed by atoms with Crippen LogP contribution in [0.15, 0.2) is 28.4 Å². The molecule has 0 amide bonds. The van der Waals surface area contributed by atoms with Crippen molar-refractivity contribution in [3.63, 3.8) is 0 Å². The van der Waals surface area contributed by atoms with Crippen molar-refractivity contribution in [2.75, 3.05) is 30.3 Å². The molecule has 13 heteroatoms. The van der Waals surface area contributed by atoms with E-state index in [0.29, 0.717) is 19.6 Å². The Labute approximate surface area is 194 Å². The molecule has 1 aromatic carbocycles. The molecular weight excluding hydrogens is 478 g/mol. The van der Waals surface area contributed by atoms with Gasteiger partial charge < -0.3 is 25.0 Å². The number of nitrogens with one attached hydrogen (secondary N) is 2. The van der Waals surface area contributed by atoms with Crippen LogP contribution in [0.5, 0.6) is 5.75 Å². The molecule has 10 nitrogen and oxygen atoms in total. The third-order valence-electron chi connectivity index (χ3n) is 5.54. The number of ether oxygens (including phenoxy) is 1. The predicted octanol–water partition coefficient (Wildman–Crippen LogP) is 3.59. The van der Waals surface area contributed by atoms with Crippen molar-refractivity contribution in [2.45, 2.75) is 44.1 Å². The summed E-state index contributed by atoms with van der Waals surface area (Å²) in [6.07, 6.45) is 2.19. The molecule has 3 N–H and O–H groups in total. The summed E-state index contributed by atoms with van der Waals surface area (Å²) in [5.74, 6) is 0.703. The molecule has 0 spiro atoms. The van der Waals surface area contributed by atoms with Crippen molar-refractivity contribution in [3.05, 3.63) is 28.5 Å². The van der Waals surface area contributed by atoms with E-state index >= 15 is 0 Å². The molecule has 2 aliphatic rings. The second-order valence-corrected chi connectivity index (χ2v) is 10.9. The van der Waals surface area contributed by atoms with Crippen LogP contribution in [0.2, 0.25) is 5.02 Å². The standard InChI is InChI=1S/C19H24ClN5O5S2/c1-11-9-13(30-12(11)2)10-21-18-19(24-31(27)23-18)22-15-6-5-14(20)17(16(15)26)32(28,29)25-7-3-4-8-25/h5-6,13,26H,3-4,7-10H2,1-2H3,(H,21,23)(H,22,24). The fourth-order valence-corrected chi connectivity index (χ4v) is 6.49. The van der Waals surface area contributed by atoms with Crippen molar-refractivity contribution in [2.24, 2.45) is 0 Å². The maximum atomic E-state index is 13.0. The number of rotatable bonds is 7. The van der Waals surface area contributed by atoms with Crippen LogP contribution in [-0.4, -0.2) is 56.9 Å². The third-order valence-corrected chi connectivity index (χ3v) is 8.62. The van der Waals surface area contributed by atoms with Crippen molar-refractivity contribution in [1.82, 2.24) is 13.1 Å². The summed E-state index contributed by atoms with van der Waals surface area (Å²) in [6.45, 7) is 5.07. The highest BCUT2D eigenvalue weighted by Gasteiger charge is 2.33. The summed E-state index contributed by atoms with van der Waals surface area (Å²) in [7, 11) is -3.97. The van der Waals surface area contributed by atoms with Crippen LogP contribution in [0.4, 0.5) is 17.3 Å². The number of phenols is 1. The third kappa shape index (κ3) is 4.50. The number of phenolic OH excluding ortho intramolecular Hbond substituents is 1. The number of sulfonamides is 1. The number of anilines is 3. The zero-order valence-corrected chi connectivity index (χ0v) is 20.0. The average Bonchev–Trinajstić information content (AvgIpc) is 3.44. The maximum Gasteiger partial charge on any atom is 0.248 e. The number of aromatic hydroxyl groups is 1. The van der Waals surface area contributed by atoms with Crippen LogP contribution in [-0.2, 0) is 14.8 Å². The van der Waals surface area contributed by atoms with Crippen molar-refractivity contribution >= 4 is 50.1 Å². The number of benzene rings is 1. The second kappa shape index (κ2) is 9.02. The molecule has 0 bridgehead atoms. The van der Waals surface area contributed by atoms with Crippen molar-refractivity contribution in [3.8, 4) is 5.75 Å². The van der Waals surface area contributed by atoms with Crippen LogP contribution in [0.25, 0.3) is 0 Å². The minimum Gasteiger partial charge on any atom is -0.546 e. The molecule has 2 aliphatic heterocycles. The number of allylic oxidation sites excluding steroid dienone is 1. The molecule has 1 aromatic heterocycles. The largest absolute Gasteiger partial charge is 0.546 e. The number of halogens is 1. The highest BCUT2D eigenvalue weighted by atomic mass is 35.5. The Morgan fingerprint density at radius 2 is 1.97 bits per heavy atom. The first kappa shape index (κ1) is 23.1. The summed E-state index contributed by atoms with van der Waals surface area (Å²) >= 11 is 4.31. The molecule has 32 heavy (non-hydrogen) atoms. The summed E-state index contributed by atoms with van der Waals surface area (Å²) in [5.41, 5.74) is 1.23. The SMILES string of the molecule is CC1=C(C)OC(CNc2n[s+]([O-])nc2Nc2ccc(Cl)c(S(=O)(=O)N3CCCC3)c2O)C1. The Bertz CT molecular complexity index is 1150. The van der Waals surface area contributed by atoms with Gasteiger partial charge in [0.25, 0.3) is 0 Å². The molecule has 0 saturated carbocycles. The van der Waals surface area contributed by atoms with E-state index in [2.05, 4.69) is 19.4 Å². The highest BCUT2D eigenvalue weighted by Crippen LogP contribution is 2.41. The van der Waals surface area contributed by atoms with Crippen LogP contribution >= 0.6 is 22.7 Å². The van der Waals surface area contributed by atoms with Gasteiger partial charge in [-0.15, -0.1) is 0 Å². The molecule has 1 fully saturated rings. The first-order valence-corrected chi connectivity index (χ1v) is 13.0. The monoisotopic (exact) mass is 501 g/mol. The van der Waals surface area contributed by atoms with Gasteiger partial charge in [0.1, 0.15) is 11.0 Å². The van der Waals surface area contributed by atoms with E-state index in [0.717, 1.165) is 25.0 Å². The fourth-order valence-electron chi connectivity index (χ4n) is 3.74. The number of hydrogen-bond donors (Lipinski definition) is 3. The lowest BCUT2D eigenvalue weighted by Gasteiger charge is -2.19. The van der Waals surface area contributed by atoms with E-state index in [1.165, 1.54) is 22.0 Å². The van der Waals surface area contributed by atoms with Gasteiger partial charge in [0, 0.05) is 28.3 Å². The van der Waals surface area contributed by atoms with Gasteiger partial charge in [-0.25, -0.2) is 8.42 Å². The molecule has 3 heterocycles. The Balaban J connectivity index is 1.56. The Hall–Kier alpha value is -2.12. The average molecular weight is 502 g/mol. The lowest BCUT2D eigenvalue weighted by atomic mass is 10.1. The summed E-state index contributed by atoms with van der Waals surface area (Å²) in [4.78, 5) is -0.367. The Morgan fingerprint density at radius 1 is 1.28 bits per heavy atom. The smallest absolute Gasteiger partial charge is 0.248 e. The Morgan fingerprint density at radius 3 is 2.62 bits per heavy atom. The van der Waals surface area contributed by atoms with Gasteiger partial charge in [-0.1, -0.05) is 11.6 Å². The van der Waals surface area contributed by atoms with Crippen LogP contribution in [0.1, 0.15) is 33.1 Å². The lowest BCUT2D eigenvalue weighted by molar-refractivity contribution is 0.156. The molecule has 1 saturated heterocycles. The predicted molar refractivity (Wildman–Crippen MR) is 121 cm³/mol. The van der Waals surface area contributed by atoms with Gasteiger partial charge in [0.2, 0.25) is 21.7 Å². The fraction of sp³-hybridized carbons (Fsp3) is 0.474. The maximum absolute atomic E-state index is 13.0. The van der Waals surface area contributed by atoms with Gasteiger partial charge in [0.05, 0.1) is 23.0 Å². The molecular formula is C19H24ClN5O5S2. The first-order valence-electron chi connectivity index (χ1n) is 10.1. The summed E-state index contributed by atoms with van der Waals surface area (Å²) in [5, 5.41) is 16.6. The van der Waals surface area contributed by atoms with Crippen LogP contribution < -0.4 is 10.6 Å². The lowest BCUT2D eigenvalue weighted by Crippen LogP contribution is -2.28. The molecule has 2 unspecified atom stereocenters. The van der Waals surface area contributed by atoms with Gasteiger partial charge >= 0.3 is 0 Å². The van der Waals surface area contributed by atoms with E-state index in [1.807, 2.05) is 13.8 Å². The molecule has 2 aromatic rings. The molecule has 0 aliphatic carbocycles. The quantitative estimate of drug-likeness (QED) is 0.383. The number of hydrogen-bond acceptors (Lipinski definition) is 9. The molecule has 0 radical (unpaired) electrons. The summed E-state index contributed by atoms with van der Waals surface area (Å²) in [6, 6.07) is 2.81. The molecule has 174 valence electrons. The minimum atomic E-state index is -3.97. The van der Waals surface area contributed by atoms with E-state index < -0.39 is 26.9 Å². The van der Waals surface area contributed by atoms with Crippen molar-refractivity contribution < 1.29 is 22.8 Å². The Kier molecular flexibility index (Phi) is 6.50. The summed E-state index contributed by atoms with van der Waals surface area (Å²) < 4.78 is 52.9.